The van der Waals surface area contributed by atoms with E-state index < -0.39 is 0 Å². The van der Waals surface area contributed by atoms with Crippen molar-refractivity contribution in [1.82, 2.24) is 5.32 Å². The molecule has 0 saturated carbocycles. The molecule has 1 rings (SSSR count). The van der Waals surface area contributed by atoms with E-state index >= 15 is 0 Å². The van der Waals surface area contributed by atoms with Crippen molar-refractivity contribution < 1.29 is 0 Å². The second-order valence-electron chi connectivity index (χ2n) is 2.34. The van der Waals surface area contributed by atoms with Crippen molar-refractivity contribution in [1.29, 1.82) is 0 Å². The Balaban J connectivity index is 0.000000561. The van der Waals surface area contributed by atoms with Crippen LogP contribution in [0.5, 0.6) is 0 Å². The number of rotatable bonds is 3. The fraction of sp³-hybridized carbons (Fsp3) is 0.455. The molecular formula is C11H19N. The summed E-state index contributed by atoms with van der Waals surface area (Å²) in [4.78, 5) is 0. The van der Waals surface area contributed by atoms with E-state index in [2.05, 4.69) is 29.6 Å². The summed E-state index contributed by atoms with van der Waals surface area (Å²) in [5.41, 5.74) is 1.40. The molecule has 0 aliphatic rings. The average molecular weight is 165 g/mol. The van der Waals surface area contributed by atoms with E-state index in [1.54, 1.807) is 0 Å². The molecule has 0 aromatic heterocycles. The Labute approximate surface area is 75.8 Å². The lowest BCUT2D eigenvalue weighted by atomic mass is 10.2. The smallest absolute Gasteiger partial charge is 0.00114 e. The van der Waals surface area contributed by atoms with Crippen LogP contribution in [-0.4, -0.2) is 13.6 Å². The van der Waals surface area contributed by atoms with E-state index in [0.29, 0.717) is 0 Å². The Bertz CT molecular complexity index is 170. The zero-order valence-corrected chi connectivity index (χ0v) is 8.30. The van der Waals surface area contributed by atoms with Gasteiger partial charge >= 0.3 is 0 Å². The zero-order chi connectivity index (χ0) is 9.23. The molecule has 0 amide bonds. The molecule has 0 saturated heterocycles. The molecule has 0 atom stereocenters. The van der Waals surface area contributed by atoms with Crippen LogP contribution in [0, 0.1) is 0 Å². The van der Waals surface area contributed by atoms with Gasteiger partial charge in [0.05, 0.1) is 0 Å². The van der Waals surface area contributed by atoms with Gasteiger partial charge in [-0.3, -0.25) is 0 Å². The van der Waals surface area contributed by atoms with Crippen LogP contribution in [0.3, 0.4) is 0 Å². The van der Waals surface area contributed by atoms with Crippen LogP contribution in [0.15, 0.2) is 30.3 Å². The molecule has 1 nitrogen and oxygen atoms in total. The minimum atomic E-state index is 1.06. The highest BCUT2D eigenvalue weighted by molar-refractivity contribution is 5.14. The van der Waals surface area contributed by atoms with Crippen molar-refractivity contribution in [2.45, 2.75) is 20.3 Å². The number of hydrogen-bond donors (Lipinski definition) is 1. The molecule has 1 aromatic rings. The lowest BCUT2D eigenvalue weighted by molar-refractivity contribution is 0.792. The molecule has 68 valence electrons. The third-order valence-corrected chi connectivity index (χ3v) is 1.51. The fourth-order valence-electron chi connectivity index (χ4n) is 0.914. The summed E-state index contributed by atoms with van der Waals surface area (Å²) in [6.07, 6.45) is 1.12. The average Bonchev–Trinajstić information content (AvgIpc) is 2.19. The monoisotopic (exact) mass is 165 g/mol. The van der Waals surface area contributed by atoms with E-state index in [4.69, 9.17) is 0 Å². The molecule has 0 bridgehead atoms. The van der Waals surface area contributed by atoms with Gasteiger partial charge in [-0.1, -0.05) is 44.2 Å². The van der Waals surface area contributed by atoms with E-state index in [9.17, 15) is 0 Å². The molecule has 1 N–H and O–H groups in total. The topological polar surface area (TPSA) is 12.0 Å². The first-order valence-corrected chi connectivity index (χ1v) is 4.62. The number of nitrogens with one attached hydrogen (secondary N) is 1. The number of likely N-dealkylation sites (N-methyl/N-ethyl adjacent to an activating group) is 1. The van der Waals surface area contributed by atoms with Crippen LogP contribution in [0.4, 0.5) is 0 Å². The lowest BCUT2D eigenvalue weighted by Crippen LogP contribution is -2.09. The highest BCUT2D eigenvalue weighted by Crippen LogP contribution is 1.97. The van der Waals surface area contributed by atoms with Crippen molar-refractivity contribution >= 4 is 0 Å². The van der Waals surface area contributed by atoms with Gasteiger partial charge in [0.1, 0.15) is 0 Å². The Morgan fingerprint density at radius 1 is 1.08 bits per heavy atom. The van der Waals surface area contributed by atoms with Crippen molar-refractivity contribution in [2.24, 2.45) is 0 Å². The molecule has 0 spiro atoms. The van der Waals surface area contributed by atoms with Gasteiger partial charge in [0.15, 0.2) is 0 Å². The van der Waals surface area contributed by atoms with Gasteiger partial charge in [-0.25, -0.2) is 0 Å². The Morgan fingerprint density at radius 2 is 1.67 bits per heavy atom. The van der Waals surface area contributed by atoms with Gasteiger partial charge in [-0.2, -0.15) is 0 Å². The largest absolute Gasteiger partial charge is 0.319 e. The van der Waals surface area contributed by atoms with Crippen molar-refractivity contribution in [3.05, 3.63) is 35.9 Å². The zero-order valence-electron chi connectivity index (χ0n) is 8.30. The van der Waals surface area contributed by atoms with Crippen molar-refractivity contribution in [3.8, 4) is 0 Å². The van der Waals surface area contributed by atoms with E-state index in [0.717, 1.165) is 13.0 Å². The fourth-order valence-corrected chi connectivity index (χ4v) is 0.914. The maximum absolute atomic E-state index is 3.12. The first kappa shape index (κ1) is 11.2. The molecular weight excluding hydrogens is 146 g/mol. The molecule has 0 unspecified atom stereocenters. The van der Waals surface area contributed by atoms with Gasteiger partial charge in [0.25, 0.3) is 0 Å². The van der Waals surface area contributed by atoms with Crippen LogP contribution >= 0.6 is 0 Å². The highest BCUT2D eigenvalue weighted by atomic mass is 14.8. The quantitative estimate of drug-likeness (QED) is 0.725. The third-order valence-electron chi connectivity index (χ3n) is 1.51. The molecule has 1 aromatic carbocycles. The summed E-state index contributed by atoms with van der Waals surface area (Å²) in [7, 11) is 1.98. The highest BCUT2D eigenvalue weighted by Gasteiger charge is 1.86. The van der Waals surface area contributed by atoms with Gasteiger partial charge < -0.3 is 5.32 Å². The molecule has 0 radical (unpaired) electrons. The van der Waals surface area contributed by atoms with Crippen LogP contribution in [0.1, 0.15) is 19.4 Å². The predicted octanol–water partition coefficient (Wildman–Crippen LogP) is 2.47. The van der Waals surface area contributed by atoms with Gasteiger partial charge in [-0.15, -0.1) is 0 Å². The number of benzene rings is 1. The third kappa shape index (κ3) is 4.91. The van der Waals surface area contributed by atoms with Crippen LogP contribution in [0.25, 0.3) is 0 Å². The summed E-state index contributed by atoms with van der Waals surface area (Å²) < 4.78 is 0. The van der Waals surface area contributed by atoms with E-state index in [-0.39, 0.29) is 0 Å². The summed E-state index contributed by atoms with van der Waals surface area (Å²) in [6.45, 7) is 5.06. The Morgan fingerprint density at radius 3 is 2.17 bits per heavy atom. The lowest BCUT2D eigenvalue weighted by Gasteiger charge is -1.97. The van der Waals surface area contributed by atoms with Crippen LogP contribution in [0.2, 0.25) is 0 Å². The summed E-state index contributed by atoms with van der Waals surface area (Å²) in [5.74, 6) is 0. The molecule has 0 aliphatic carbocycles. The summed E-state index contributed by atoms with van der Waals surface area (Å²) >= 11 is 0. The number of hydrogen-bond acceptors (Lipinski definition) is 1. The molecule has 0 heterocycles. The molecule has 1 heteroatoms. The molecule has 12 heavy (non-hydrogen) atoms. The minimum absolute atomic E-state index is 1.06. The molecule has 0 fully saturated rings. The van der Waals surface area contributed by atoms with E-state index in [1.165, 1.54) is 5.56 Å². The van der Waals surface area contributed by atoms with Crippen molar-refractivity contribution in [3.63, 3.8) is 0 Å². The SMILES string of the molecule is CC.CNCCc1ccccc1. The summed E-state index contributed by atoms with van der Waals surface area (Å²) in [5, 5.41) is 3.12. The van der Waals surface area contributed by atoms with Crippen LogP contribution in [-0.2, 0) is 6.42 Å². The molecule has 0 aliphatic heterocycles. The van der Waals surface area contributed by atoms with Crippen molar-refractivity contribution in [2.75, 3.05) is 13.6 Å². The first-order valence-electron chi connectivity index (χ1n) is 4.62. The second-order valence-corrected chi connectivity index (χ2v) is 2.34. The maximum Gasteiger partial charge on any atom is -0.00114 e. The first-order chi connectivity index (χ1) is 5.93. The van der Waals surface area contributed by atoms with Gasteiger partial charge in [0.2, 0.25) is 0 Å². The Kier molecular flexibility index (Phi) is 7.71. The van der Waals surface area contributed by atoms with Gasteiger partial charge in [-0.05, 0) is 25.6 Å². The Hall–Kier alpha value is -0.820. The van der Waals surface area contributed by atoms with Gasteiger partial charge in [0, 0.05) is 0 Å². The summed E-state index contributed by atoms with van der Waals surface area (Å²) in [6, 6.07) is 10.5. The second kappa shape index (κ2) is 8.28. The minimum Gasteiger partial charge on any atom is -0.319 e. The normalized spacial score (nSPS) is 8.58. The maximum atomic E-state index is 3.12. The predicted molar refractivity (Wildman–Crippen MR) is 55.4 cm³/mol. The van der Waals surface area contributed by atoms with E-state index in [1.807, 2.05) is 27.0 Å². The van der Waals surface area contributed by atoms with Crippen LogP contribution < -0.4 is 5.32 Å². The standard InChI is InChI=1S/C9H13N.C2H6/c1-10-8-7-9-5-3-2-4-6-9;1-2/h2-6,10H,7-8H2,1H3;1-2H3.